The van der Waals surface area contributed by atoms with Crippen LogP contribution in [0.4, 0.5) is 5.69 Å². The summed E-state index contributed by atoms with van der Waals surface area (Å²) in [6.45, 7) is 3.32. The molecule has 1 fully saturated rings. The number of hydrogen-bond acceptors (Lipinski definition) is 8. The molecule has 5 heterocycles. The first-order chi connectivity index (χ1) is 15.9. The van der Waals surface area contributed by atoms with E-state index >= 15 is 0 Å². The van der Waals surface area contributed by atoms with Crippen LogP contribution >= 0.6 is 11.3 Å². The van der Waals surface area contributed by atoms with E-state index < -0.39 is 5.69 Å². The lowest BCUT2D eigenvalue weighted by Crippen LogP contribution is -2.59. The summed E-state index contributed by atoms with van der Waals surface area (Å²) < 4.78 is 7.45. The molecule has 0 bridgehead atoms. The van der Waals surface area contributed by atoms with Gasteiger partial charge in [-0.3, -0.25) is 19.0 Å². The number of nitrogens with one attached hydrogen (secondary N) is 2. The summed E-state index contributed by atoms with van der Waals surface area (Å²) in [6.07, 6.45) is 0. The number of aromatic nitrogens is 3. The van der Waals surface area contributed by atoms with E-state index in [9.17, 15) is 19.2 Å². The van der Waals surface area contributed by atoms with Crippen LogP contribution in [0, 0.1) is 0 Å². The predicted molar refractivity (Wildman–Crippen MR) is 122 cm³/mol. The molecule has 2 N–H and O–H groups in total. The minimum atomic E-state index is -0.435. The smallest absolute Gasteiger partial charge is 0.328 e. The Bertz CT molecular complexity index is 1390. The second-order valence-corrected chi connectivity index (χ2v) is 9.04. The third kappa shape index (κ3) is 3.55. The number of nitrogens with zero attached hydrogens (tertiary/aromatic N) is 4. The van der Waals surface area contributed by atoms with Crippen molar-refractivity contribution in [2.75, 3.05) is 31.6 Å². The zero-order valence-electron chi connectivity index (χ0n) is 18.1. The molecule has 0 radical (unpaired) electrons. The van der Waals surface area contributed by atoms with E-state index in [-0.39, 0.29) is 35.7 Å². The van der Waals surface area contributed by atoms with Gasteiger partial charge >= 0.3 is 5.69 Å². The van der Waals surface area contributed by atoms with Gasteiger partial charge in [0.05, 0.1) is 24.6 Å². The number of piperazine rings is 1. The van der Waals surface area contributed by atoms with Gasteiger partial charge in [-0.25, -0.2) is 9.78 Å². The molecule has 12 heteroatoms. The number of hydrogen-bond donors (Lipinski definition) is 2. The average molecular weight is 471 g/mol. The second-order valence-electron chi connectivity index (χ2n) is 7.90. The van der Waals surface area contributed by atoms with Crippen molar-refractivity contribution in [2.24, 2.45) is 0 Å². The minimum Gasteiger partial charge on any atom is -0.474 e. The number of amides is 2. The Hall–Kier alpha value is -3.67. The van der Waals surface area contributed by atoms with E-state index in [1.165, 1.54) is 18.4 Å². The number of H-pyrrole nitrogens is 1. The minimum absolute atomic E-state index is 0.0608. The predicted octanol–water partition coefficient (Wildman–Crippen LogP) is 0.136. The summed E-state index contributed by atoms with van der Waals surface area (Å²) in [5.41, 5.74) is 0.685. The summed E-state index contributed by atoms with van der Waals surface area (Å²) >= 11 is 1.29. The largest absolute Gasteiger partial charge is 0.474 e. The number of ether oxygens (including phenoxy) is 1. The van der Waals surface area contributed by atoms with Crippen molar-refractivity contribution in [3.63, 3.8) is 0 Å². The van der Waals surface area contributed by atoms with Crippen molar-refractivity contribution in [1.29, 1.82) is 0 Å². The second kappa shape index (κ2) is 8.03. The Morgan fingerprint density at radius 3 is 2.91 bits per heavy atom. The zero-order chi connectivity index (χ0) is 23.3. The molecule has 0 saturated carbocycles. The fraction of sp³-hybridized carbons (Fsp3) is 0.381. The van der Waals surface area contributed by atoms with Crippen molar-refractivity contribution >= 4 is 39.1 Å². The van der Waals surface area contributed by atoms with E-state index in [0.717, 1.165) is 9.44 Å². The number of rotatable bonds is 4. The zero-order valence-corrected chi connectivity index (χ0v) is 18.9. The summed E-state index contributed by atoms with van der Waals surface area (Å²) in [5.74, 6) is -0.0274. The maximum atomic E-state index is 13.0. The fourth-order valence-corrected chi connectivity index (χ4v) is 5.32. The summed E-state index contributed by atoms with van der Waals surface area (Å²) in [7, 11) is 1.53. The highest BCUT2D eigenvalue weighted by Crippen LogP contribution is 2.34. The highest BCUT2D eigenvalue weighted by atomic mass is 32.1. The van der Waals surface area contributed by atoms with Crippen LogP contribution in [-0.4, -0.2) is 64.0 Å². The van der Waals surface area contributed by atoms with Gasteiger partial charge in [0.15, 0.2) is 0 Å². The monoisotopic (exact) mass is 470 g/mol. The van der Waals surface area contributed by atoms with E-state index in [2.05, 4.69) is 15.3 Å². The number of carbonyl (C=O) groups is 2. The molecule has 0 spiro atoms. The van der Waals surface area contributed by atoms with Crippen LogP contribution in [0.2, 0.25) is 0 Å². The molecular weight excluding hydrogens is 448 g/mol. The maximum absolute atomic E-state index is 13.0. The molecule has 33 heavy (non-hydrogen) atoms. The van der Waals surface area contributed by atoms with Crippen LogP contribution in [0.25, 0.3) is 10.2 Å². The molecule has 0 aliphatic carbocycles. The molecule has 11 nitrogen and oxygen atoms in total. The number of pyridine rings is 1. The lowest BCUT2D eigenvalue weighted by atomic mass is 10.1. The van der Waals surface area contributed by atoms with Gasteiger partial charge in [0, 0.05) is 25.0 Å². The third-order valence-corrected chi connectivity index (χ3v) is 7.03. The molecule has 172 valence electrons. The Morgan fingerprint density at radius 2 is 2.15 bits per heavy atom. The normalized spacial score (nSPS) is 17.5. The first-order valence-electron chi connectivity index (χ1n) is 10.6. The van der Waals surface area contributed by atoms with E-state index in [1.54, 1.807) is 30.0 Å². The van der Waals surface area contributed by atoms with Gasteiger partial charge in [-0.05, 0) is 25.1 Å². The molecule has 2 aliphatic rings. The molecule has 3 aromatic rings. The van der Waals surface area contributed by atoms with Gasteiger partial charge in [-0.15, -0.1) is 11.3 Å². The maximum Gasteiger partial charge on any atom is 0.328 e. The Morgan fingerprint density at radius 1 is 1.33 bits per heavy atom. The van der Waals surface area contributed by atoms with Gasteiger partial charge in [-0.2, -0.15) is 0 Å². The molecule has 1 unspecified atom stereocenters. The van der Waals surface area contributed by atoms with Crippen molar-refractivity contribution in [2.45, 2.75) is 26.1 Å². The summed E-state index contributed by atoms with van der Waals surface area (Å²) in [4.78, 5) is 61.0. The van der Waals surface area contributed by atoms with Gasteiger partial charge in [0.25, 0.3) is 11.5 Å². The Labute approximate surface area is 191 Å². The topological polar surface area (TPSA) is 130 Å². The number of thiophene rings is 1. The molecule has 1 saturated heterocycles. The van der Waals surface area contributed by atoms with Gasteiger partial charge in [-0.1, -0.05) is 0 Å². The lowest BCUT2D eigenvalue weighted by molar-refractivity contribution is -0.132. The average Bonchev–Trinajstić information content (AvgIpc) is 3.21. The van der Waals surface area contributed by atoms with Crippen LogP contribution in [0.15, 0.2) is 27.8 Å². The molecule has 2 aliphatic heterocycles. The quantitative estimate of drug-likeness (QED) is 0.555. The summed E-state index contributed by atoms with van der Waals surface area (Å²) in [5, 5.41) is 2.53. The van der Waals surface area contributed by atoms with Gasteiger partial charge in [0.2, 0.25) is 11.8 Å². The van der Waals surface area contributed by atoms with Crippen molar-refractivity contribution in [3.05, 3.63) is 49.6 Å². The highest BCUT2D eigenvalue weighted by Gasteiger charge is 2.37. The van der Waals surface area contributed by atoms with Crippen LogP contribution in [0.5, 0.6) is 5.88 Å². The lowest BCUT2D eigenvalue weighted by Gasteiger charge is -2.44. The Balaban J connectivity index is 1.37. The van der Waals surface area contributed by atoms with Crippen LogP contribution < -0.4 is 26.2 Å². The van der Waals surface area contributed by atoms with Crippen LogP contribution in [0.3, 0.4) is 0 Å². The molecule has 2 amide bonds. The first kappa shape index (κ1) is 21.2. The van der Waals surface area contributed by atoms with Crippen molar-refractivity contribution in [1.82, 2.24) is 24.8 Å². The number of aromatic amines is 1. The fourth-order valence-electron chi connectivity index (χ4n) is 4.24. The number of carbonyl (C=O) groups excluding carboxylic acids is 2. The third-order valence-electron chi connectivity index (χ3n) is 5.92. The Kier molecular flexibility index (Phi) is 5.16. The number of anilines is 1. The van der Waals surface area contributed by atoms with Crippen molar-refractivity contribution in [3.8, 4) is 5.88 Å². The first-order valence-corrected chi connectivity index (χ1v) is 11.4. The molecule has 1 atom stereocenters. The molecule has 0 aromatic carbocycles. The van der Waals surface area contributed by atoms with Gasteiger partial charge in [0.1, 0.15) is 22.7 Å². The highest BCUT2D eigenvalue weighted by molar-refractivity contribution is 7.18. The van der Waals surface area contributed by atoms with E-state index in [4.69, 9.17) is 4.74 Å². The van der Waals surface area contributed by atoms with E-state index in [0.29, 0.717) is 48.0 Å². The molecular formula is C21H22N6O5S. The van der Waals surface area contributed by atoms with E-state index in [1.807, 2.05) is 4.90 Å². The van der Waals surface area contributed by atoms with Crippen LogP contribution in [-0.2, 0) is 17.9 Å². The van der Waals surface area contributed by atoms with Crippen LogP contribution in [0.1, 0.15) is 22.3 Å². The molecule has 3 aromatic heterocycles. The standard InChI is InChI=1S/C21H22N6O5S/c1-3-26-20(30)17-14(24-21(26)31)6-12(33-17)8-25-7-11-10-32-19-15(27(11)9-16(25)28)5-4-13(23-19)18(29)22-2/h4-6,11H,3,7-10H2,1-2H3,(H,22,29)(H,24,31). The van der Waals surface area contributed by atoms with Crippen molar-refractivity contribution < 1.29 is 14.3 Å². The molecule has 5 rings (SSSR count). The summed E-state index contributed by atoms with van der Waals surface area (Å²) in [6, 6.07) is 5.07. The van der Waals surface area contributed by atoms with Gasteiger partial charge < -0.3 is 24.8 Å². The number of fused-ring (bicyclic) bond motifs is 4. The SMILES string of the molecule is CCn1c(=O)[nH]c2cc(CN3CC4COc5nc(C(=O)NC)ccc5N4CC3=O)sc2c1=O.